The maximum atomic E-state index is 14.1. The van der Waals surface area contributed by atoms with Crippen LogP contribution in [-0.4, -0.2) is 50.3 Å². The van der Waals surface area contributed by atoms with Gasteiger partial charge in [-0.1, -0.05) is 73.7 Å². The van der Waals surface area contributed by atoms with Gasteiger partial charge in [0.1, 0.15) is 24.1 Å². The van der Waals surface area contributed by atoms with Crippen molar-refractivity contribution in [3.63, 3.8) is 0 Å². The van der Waals surface area contributed by atoms with E-state index >= 15 is 0 Å². The van der Waals surface area contributed by atoms with Gasteiger partial charge in [-0.25, -0.2) is 8.42 Å². The number of benzene rings is 4. The lowest BCUT2D eigenvalue weighted by atomic mass is 10.1. The van der Waals surface area contributed by atoms with Crippen molar-refractivity contribution < 1.29 is 22.7 Å². The Morgan fingerprint density at radius 2 is 1.32 bits per heavy atom. The Bertz CT molecular complexity index is 1600. The van der Waals surface area contributed by atoms with Crippen molar-refractivity contribution in [1.29, 1.82) is 0 Å². The molecule has 9 heteroatoms. The monoisotopic (exact) mass is 613 g/mol. The van der Waals surface area contributed by atoms with Gasteiger partial charge in [0.05, 0.1) is 10.6 Å². The number of carbonyl (C=O) groups excluding carboxylic acids is 2. The van der Waals surface area contributed by atoms with E-state index < -0.39 is 28.5 Å². The number of carbonyl (C=O) groups is 2. The van der Waals surface area contributed by atoms with Crippen LogP contribution < -0.4 is 14.4 Å². The van der Waals surface area contributed by atoms with E-state index in [9.17, 15) is 18.0 Å². The zero-order valence-corrected chi connectivity index (χ0v) is 26.1. The summed E-state index contributed by atoms with van der Waals surface area (Å²) in [5, 5.41) is 2.95. The normalized spacial score (nSPS) is 12.5. The van der Waals surface area contributed by atoms with Crippen molar-refractivity contribution in [2.75, 3.05) is 17.4 Å². The molecule has 4 rings (SSSR count). The number of hydrogen-bond acceptors (Lipinski definition) is 5. The zero-order valence-electron chi connectivity index (χ0n) is 25.3. The summed E-state index contributed by atoms with van der Waals surface area (Å²) in [6, 6.07) is 32.6. The third-order valence-corrected chi connectivity index (χ3v) is 9.15. The SMILES string of the molecule is CC[C@@H](C)NC(=O)[C@@H](C)N(CCc1ccccc1)C(=O)CN(c1ccc(Oc2ccccc2)cc1)S(=O)(=O)c1ccccc1. The van der Waals surface area contributed by atoms with Gasteiger partial charge >= 0.3 is 0 Å². The number of nitrogens with one attached hydrogen (secondary N) is 1. The Balaban J connectivity index is 1.65. The summed E-state index contributed by atoms with van der Waals surface area (Å²) in [6.45, 7) is 5.29. The first-order valence-corrected chi connectivity index (χ1v) is 16.2. The van der Waals surface area contributed by atoms with Crippen LogP contribution in [0.1, 0.15) is 32.8 Å². The highest BCUT2D eigenvalue weighted by molar-refractivity contribution is 7.92. The molecule has 0 fully saturated rings. The number of ether oxygens (including phenoxy) is 1. The second kappa shape index (κ2) is 15.2. The summed E-state index contributed by atoms with van der Waals surface area (Å²) < 4.78 is 34.9. The molecule has 1 N–H and O–H groups in total. The van der Waals surface area contributed by atoms with Crippen LogP contribution in [0.15, 0.2) is 120 Å². The lowest BCUT2D eigenvalue weighted by Crippen LogP contribution is -2.53. The van der Waals surface area contributed by atoms with E-state index in [0.29, 0.717) is 23.6 Å². The van der Waals surface area contributed by atoms with Gasteiger partial charge in [-0.15, -0.1) is 0 Å². The van der Waals surface area contributed by atoms with Gasteiger partial charge in [0.15, 0.2) is 0 Å². The molecule has 0 aliphatic heterocycles. The topological polar surface area (TPSA) is 96.0 Å². The number of para-hydroxylation sites is 1. The van der Waals surface area contributed by atoms with Gasteiger partial charge in [-0.05, 0) is 80.8 Å². The number of hydrogen-bond donors (Lipinski definition) is 1. The van der Waals surface area contributed by atoms with E-state index in [-0.39, 0.29) is 23.4 Å². The van der Waals surface area contributed by atoms with Gasteiger partial charge in [-0.2, -0.15) is 0 Å². The Morgan fingerprint density at radius 3 is 1.91 bits per heavy atom. The van der Waals surface area contributed by atoms with E-state index in [1.165, 1.54) is 17.0 Å². The summed E-state index contributed by atoms with van der Waals surface area (Å²) in [6.07, 6.45) is 1.24. The molecule has 0 aromatic heterocycles. The van der Waals surface area contributed by atoms with Crippen LogP contribution in [0.25, 0.3) is 0 Å². The fourth-order valence-corrected chi connectivity index (χ4v) is 6.02. The first-order valence-electron chi connectivity index (χ1n) is 14.7. The summed E-state index contributed by atoms with van der Waals surface area (Å²) in [5.74, 6) is 0.378. The third-order valence-electron chi connectivity index (χ3n) is 7.37. The molecular formula is C35H39N3O5S. The van der Waals surface area contributed by atoms with Crippen molar-refractivity contribution in [1.82, 2.24) is 10.2 Å². The molecule has 0 aliphatic rings. The molecule has 0 heterocycles. The maximum Gasteiger partial charge on any atom is 0.264 e. The molecule has 0 bridgehead atoms. The van der Waals surface area contributed by atoms with Crippen LogP contribution in [0, 0.1) is 0 Å². The van der Waals surface area contributed by atoms with Gasteiger partial charge in [-0.3, -0.25) is 13.9 Å². The molecule has 0 saturated carbocycles. The number of rotatable bonds is 14. The standard InChI is InChI=1S/C35H39N3O5S/c1-4-27(2)36-35(40)28(3)37(25-24-29-14-8-5-9-15-29)34(39)26-38(44(41,42)33-18-12-7-13-19-33)30-20-22-32(23-21-30)43-31-16-10-6-11-17-31/h5-23,27-28H,4,24-26H2,1-3H3,(H,36,40)/t27-,28-/m1/s1. The molecule has 0 aliphatic carbocycles. The highest BCUT2D eigenvalue weighted by Crippen LogP contribution is 2.28. The van der Waals surface area contributed by atoms with Crippen molar-refractivity contribution in [3.05, 3.63) is 121 Å². The zero-order chi connectivity index (χ0) is 31.5. The molecule has 8 nitrogen and oxygen atoms in total. The van der Waals surface area contributed by atoms with E-state index in [2.05, 4.69) is 5.32 Å². The lowest BCUT2D eigenvalue weighted by molar-refractivity contribution is -0.139. The minimum absolute atomic E-state index is 0.0517. The van der Waals surface area contributed by atoms with Crippen LogP contribution in [0.4, 0.5) is 5.69 Å². The quantitative estimate of drug-likeness (QED) is 0.187. The van der Waals surface area contributed by atoms with Gasteiger partial charge in [0, 0.05) is 12.6 Å². The Hall–Kier alpha value is -4.63. The molecular weight excluding hydrogens is 574 g/mol. The van der Waals surface area contributed by atoms with Crippen LogP contribution in [-0.2, 0) is 26.0 Å². The maximum absolute atomic E-state index is 14.1. The third kappa shape index (κ3) is 8.48. The molecule has 2 amide bonds. The number of sulfonamides is 1. The molecule has 0 radical (unpaired) electrons. The van der Waals surface area contributed by atoms with E-state index in [1.54, 1.807) is 49.4 Å². The average Bonchev–Trinajstić information content (AvgIpc) is 3.05. The Morgan fingerprint density at radius 1 is 0.773 bits per heavy atom. The molecule has 44 heavy (non-hydrogen) atoms. The fourth-order valence-electron chi connectivity index (χ4n) is 4.59. The minimum Gasteiger partial charge on any atom is -0.457 e. The fraction of sp³-hybridized carbons (Fsp3) is 0.257. The average molecular weight is 614 g/mol. The number of anilines is 1. The lowest BCUT2D eigenvalue weighted by Gasteiger charge is -2.32. The highest BCUT2D eigenvalue weighted by atomic mass is 32.2. The molecule has 2 atom stereocenters. The second-order valence-electron chi connectivity index (χ2n) is 10.6. The molecule has 4 aromatic carbocycles. The Labute approximate surface area is 260 Å². The summed E-state index contributed by atoms with van der Waals surface area (Å²) in [4.78, 5) is 28.7. The smallest absolute Gasteiger partial charge is 0.264 e. The predicted octanol–water partition coefficient (Wildman–Crippen LogP) is 6.05. The van der Waals surface area contributed by atoms with Crippen molar-refractivity contribution in [3.8, 4) is 11.5 Å². The van der Waals surface area contributed by atoms with Crippen molar-refractivity contribution in [2.24, 2.45) is 0 Å². The highest BCUT2D eigenvalue weighted by Gasteiger charge is 2.32. The van der Waals surface area contributed by atoms with Gasteiger partial charge in [0.2, 0.25) is 11.8 Å². The molecule has 4 aromatic rings. The Kier molecular flexibility index (Phi) is 11.2. The largest absolute Gasteiger partial charge is 0.457 e. The predicted molar refractivity (Wildman–Crippen MR) is 173 cm³/mol. The van der Waals surface area contributed by atoms with Gasteiger partial charge in [0.25, 0.3) is 10.0 Å². The molecule has 0 spiro atoms. The van der Waals surface area contributed by atoms with E-state index in [4.69, 9.17) is 4.74 Å². The van der Waals surface area contributed by atoms with E-state index in [1.807, 2.05) is 74.5 Å². The van der Waals surface area contributed by atoms with Crippen molar-refractivity contribution >= 4 is 27.5 Å². The van der Waals surface area contributed by atoms with Gasteiger partial charge < -0.3 is 15.0 Å². The number of nitrogens with zero attached hydrogens (tertiary/aromatic N) is 2. The molecule has 230 valence electrons. The summed E-state index contributed by atoms with van der Waals surface area (Å²) in [5.41, 5.74) is 1.30. The van der Waals surface area contributed by atoms with E-state index in [0.717, 1.165) is 16.3 Å². The molecule has 0 unspecified atom stereocenters. The van der Waals surface area contributed by atoms with Crippen LogP contribution >= 0.6 is 0 Å². The van der Waals surface area contributed by atoms with Crippen molar-refractivity contribution in [2.45, 2.75) is 50.6 Å². The second-order valence-corrected chi connectivity index (χ2v) is 12.4. The minimum atomic E-state index is -4.15. The number of amides is 2. The summed E-state index contributed by atoms with van der Waals surface area (Å²) in [7, 11) is -4.15. The summed E-state index contributed by atoms with van der Waals surface area (Å²) >= 11 is 0. The molecule has 0 saturated heterocycles. The van der Waals surface area contributed by atoms with Crippen LogP contribution in [0.2, 0.25) is 0 Å². The van der Waals surface area contributed by atoms with Crippen LogP contribution in [0.3, 0.4) is 0 Å². The first-order chi connectivity index (χ1) is 21.2. The van der Waals surface area contributed by atoms with Crippen LogP contribution in [0.5, 0.6) is 11.5 Å². The first kappa shape index (κ1) is 32.3.